The fraction of sp³-hybridized carbons (Fsp3) is 0.238. The molecular formula is C21H16F3N5O2. The van der Waals surface area contributed by atoms with Crippen LogP contribution in [0, 0.1) is 11.8 Å². The fourth-order valence-corrected chi connectivity index (χ4v) is 3.32. The number of rotatable bonds is 1. The Morgan fingerprint density at radius 2 is 2.00 bits per heavy atom. The molecule has 1 aromatic carbocycles. The number of amides is 1. The lowest BCUT2D eigenvalue weighted by Crippen LogP contribution is -2.37. The molecule has 1 unspecified atom stereocenters. The quantitative estimate of drug-likeness (QED) is 0.577. The number of pyridine rings is 1. The van der Waals surface area contributed by atoms with Crippen LogP contribution < -0.4 is 5.73 Å². The number of likely N-dealkylation sites (N-methyl/N-ethyl adjacent to an activating group) is 1. The molecule has 2 aromatic heterocycles. The Kier molecular flexibility index (Phi) is 4.78. The highest BCUT2D eigenvalue weighted by molar-refractivity contribution is 5.91. The van der Waals surface area contributed by atoms with Gasteiger partial charge in [0.15, 0.2) is 5.82 Å². The second-order valence-electron chi connectivity index (χ2n) is 7.18. The number of aromatic nitrogens is 3. The zero-order valence-corrected chi connectivity index (χ0v) is 16.2. The largest absolute Gasteiger partial charge is 0.418 e. The standard InChI is InChI=1S/C21H16F3N5O2/c1-29-8-7-20(31,19(29)30)6-5-12-3-2-4-13(9-12)15-10-14(21(22,23)24)16-17(28-15)18(25)27-11-26-16/h2-4,9-11,31H,7-8H2,1H3,(H2,25,26,27). The van der Waals surface area contributed by atoms with Crippen molar-refractivity contribution in [1.29, 1.82) is 0 Å². The molecule has 158 valence electrons. The molecule has 3 aromatic rings. The molecule has 0 saturated carbocycles. The van der Waals surface area contributed by atoms with Crippen molar-refractivity contribution >= 4 is 22.8 Å². The first-order valence-corrected chi connectivity index (χ1v) is 9.18. The maximum atomic E-state index is 13.6. The molecule has 0 aliphatic carbocycles. The summed E-state index contributed by atoms with van der Waals surface area (Å²) in [7, 11) is 1.57. The van der Waals surface area contributed by atoms with Crippen molar-refractivity contribution in [2.75, 3.05) is 19.3 Å². The molecule has 31 heavy (non-hydrogen) atoms. The number of likely N-dealkylation sites (tertiary alicyclic amines) is 1. The number of carbonyl (C=O) groups excluding carboxylic acids is 1. The van der Waals surface area contributed by atoms with E-state index in [9.17, 15) is 23.1 Å². The second kappa shape index (κ2) is 7.21. The number of alkyl halides is 3. The van der Waals surface area contributed by atoms with E-state index in [4.69, 9.17) is 5.73 Å². The Hall–Kier alpha value is -3.71. The topological polar surface area (TPSA) is 105 Å². The van der Waals surface area contributed by atoms with Gasteiger partial charge in [0.05, 0.1) is 11.3 Å². The molecule has 3 heterocycles. The lowest BCUT2D eigenvalue weighted by Gasteiger charge is -2.13. The number of fused-ring (bicyclic) bond motifs is 1. The fourth-order valence-electron chi connectivity index (χ4n) is 3.32. The first-order valence-electron chi connectivity index (χ1n) is 9.18. The number of halogens is 3. The normalized spacial score (nSPS) is 18.9. The molecule has 4 rings (SSSR count). The van der Waals surface area contributed by atoms with Crippen LogP contribution in [0.15, 0.2) is 36.7 Å². The minimum atomic E-state index is -4.67. The van der Waals surface area contributed by atoms with Crippen molar-refractivity contribution < 1.29 is 23.1 Å². The molecule has 1 aliphatic heterocycles. The first kappa shape index (κ1) is 20.6. The summed E-state index contributed by atoms with van der Waals surface area (Å²) >= 11 is 0. The van der Waals surface area contributed by atoms with E-state index in [1.54, 1.807) is 25.2 Å². The Labute approximate surface area is 174 Å². The molecule has 0 bridgehead atoms. The Bertz CT molecular complexity index is 1270. The SMILES string of the molecule is CN1CCC(O)(C#Cc2cccc(-c3cc(C(F)(F)F)c4ncnc(N)c4n3)c2)C1=O. The highest BCUT2D eigenvalue weighted by Crippen LogP contribution is 2.36. The van der Waals surface area contributed by atoms with Gasteiger partial charge in [0.25, 0.3) is 5.91 Å². The molecule has 1 atom stereocenters. The highest BCUT2D eigenvalue weighted by atomic mass is 19.4. The number of anilines is 1. The first-order chi connectivity index (χ1) is 14.6. The van der Waals surface area contributed by atoms with Gasteiger partial charge in [-0.05, 0) is 18.2 Å². The van der Waals surface area contributed by atoms with E-state index < -0.39 is 23.2 Å². The molecule has 1 aliphatic rings. The maximum Gasteiger partial charge on any atom is 0.418 e. The average Bonchev–Trinajstić information content (AvgIpc) is 2.99. The van der Waals surface area contributed by atoms with E-state index >= 15 is 0 Å². The minimum absolute atomic E-state index is 0.0142. The minimum Gasteiger partial charge on any atom is -0.382 e. The molecule has 10 heteroatoms. The van der Waals surface area contributed by atoms with Crippen LogP contribution in [0.2, 0.25) is 0 Å². The van der Waals surface area contributed by atoms with Gasteiger partial charge in [-0.3, -0.25) is 4.79 Å². The van der Waals surface area contributed by atoms with Crippen LogP contribution in [-0.4, -0.2) is 50.1 Å². The van der Waals surface area contributed by atoms with Gasteiger partial charge in [-0.1, -0.05) is 24.0 Å². The maximum absolute atomic E-state index is 13.6. The Morgan fingerprint density at radius 3 is 2.68 bits per heavy atom. The number of nitrogens with two attached hydrogens (primary N) is 1. The highest BCUT2D eigenvalue weighted by Gasteiger charge is 2.42. The van der Waals surface area contributed by atoms with Crippen LogP contribution >= 0.6 is 0 Å². The lowest BCUT2D eigenvalue weighted by atomic mass is 10.0. The van der Waals surface area contributed by atoms with Gasteiger partial charge in [-0.15, -0.1) is 0 Å². The predicted octanol–water partition coefficient (Wildman–Crippen LogP) is 2.24. The van der Waals surface area contributed by atoms with Crippen LogP contribution in [0.3, 0.4) is 0 Å². The summed E-state index contributed by atoms with van der Waals surface area (Å²) in [6, 6.07) is 7.20. The molecule has 7 nitrogen and oxygen atoms in total. The van der Waals surface area contributed by atoms with Crippen molar-refractivity contribution in [3.05, 3.63) is 47.8 Å². The summed E-state index contributed by atoms with van der Waals surface area (Å²) in [5.74, 6) is 4.66. The molecule has 1 fully saturated rings. The van der Waals surface area contributed by atoms with Crippen molar-refractivity contribution in [3.63, 3.8) is 0 Å². The van der Waals surface area contributed by atoms with Crippen molar-refractivity contribution in [2.24, 2.45) is 0 Å². The molecule has 0 spiro atoms. The number of aliphatic hydroxyl groups is 1. The Morgan fingerprint density at radius 1 is 1.23 bits per heavy atom. The van der Waals surface area contributed by atoms with Crippen LogP contribution in [0.4, 0.5) is 19.0 Å². The summed E-state index contributed by atoms with van der Waals surface area (Å²) < 4.78 is 40.8. The third-order valence-electron chi connectivity index (χ3n) is 5.01. The van der Waals surface area contributed by atoms with Crippen LogP contribution in [0.1, 0.15) is 17.5 Å². The number of nitrogens with zero attached hydrogens (tertiary/aromatic N) is 4. The molecule has 3 N–H and O–H groups in total. The van der Waals surface area contributed by atoms with Crippen molar-refractivity contribution in [1.82, 2.24) is 19.9 Å². The van der Waals surface area contributed by atoms with E-state index in [0.717, 1.165) is 12.4 Å². The summed E-state index contributed by atoms with van der Waals surface area (Å²) in [5.41, 5.74) is 3.21. The van der Waals surface area contributed by atoms with E-state index in [0.29, 0.717) is 17.7 Å². The molecule has 1 saturated heterocycles. The third-order valence-corrected chi connectivity index (χ3v) is 5.01. The monoisotopic (exact) mass is 427 g/mol. The van der Waals surface area contributed by atoms with Gasteiger partial charge in [0.1, 0.15) is 17.4 Å². The van der Waals surface area contributed by atoms with Crippen LogP contribution in [0.25, 0.3) is 22.3 Å². The van der Waals surface area contributed by atoms with Gasteiger partial charge < -0.3 is 15.7 Å². The summed E-state index contributed by atoms with van der Waals surface area (Å²) in [6.07, 6.45) is -3.54. The van der Waals surface area contributed by atoms with E-state index in [2.05, 4.69) is 26.8 Å². The number of nitrogen functional groups attached to an aromatic ring is 1. The molecule has 1 amide bonds. The molecule has 0 radical (unpaired) electrons. The van der Waals surface area contributed by atoms with Crippen LogP contribution in [0.5, 0.6) is 0 Å². The van der Waals surface area contributed by atoms with Gasteiger partial charge in [-0.25, -0.2) is 15.0 Å². The van der Waals surface area contributed by atoms with Crippen LogP contribution in [-0.2, 0) is 11.0 Å². The number of benzene rings is 1. The zero-order chi connectivity index (χ0) is 22.4. The summed E-state index contributed by atoms with van der Waals surface area (Å²) in [4.78, 5) is 25.1. The number of carbonyl (C=O) groups is 1. The van der Waals surface area contributed by atoms with Crippen molar-refractivity contribution in [3.8, 4) is 23.1 Å². The van der Waals surface area contributed by atoms with E-state index in [1.165, 1.54) is 11.0 Å². The molecular weight excluding hydrogens is 411 g/mol. The summed E-state index contributed by atoms with van der Waals surface area (Å²) in [5, 5.41) is 10.4. The third kappa shape index (κ3) is 3.75. The van der Waals surface area contributed by atoms with E-state index in [1.807, 2.05) is 0 Å². The van der Waals surface area contributed by atoms with Gasteiger partial charge in [0.2, 0.25) is 5.60 Å². The van der Waals surface area contributed by atoms with Gasteiger partial charge in [-0.2, -0.15) is 13.2 Å². The van der Waals surface area contributed by atoms with Crippen molar-refractivity contribution in [2.45, 2.75) is 18.2 Å². The Balaban J connectivity index is 1.80. The summed E-state index contributed by atoms with van der Waals surface area (Å²) in [6.45, 7) is 0.384. The van der Waals surface area contributed by atoms with Gasteiger partial charge in [0, 0.05) is 31.1 Å². The zero-order valence-electron chi connectivity index (χ0n) is 16.2. The lowest BCUT2D eigenvalue weighted by molar-refractivity contribution is -0.137. The average molecular weight is 427 g/mol. The smallest absolute Gasteiger partial charge is 0.382 e. The number of hydrogen-bond acceptors (Lipinski definition) is 6. The van der Waals surface area contributed by atoms with Gasteiger partial charge >= 0.3 is 6.18 Å². The number of hydrogen-bond donors (Lipinski definition) is 2. The predicted molar refractivity (Wildman–Crippen MR) is 106 cm³/mol. The second-order valence-corrected chi connectivity index (χ2v) is 7.18. The van der Waals surface area contributed by atoms with E-state index in [-0.39, 0.29) is 29.0 Å².